The Kier molecular flexibility index (Phi) is 3.73. The van der Waals surface area contributed by atoms with Gasteiger partial charge in [-0.2, -0.15) is 0 Å². The second-order valence-electron chi connectivity index (χ2n) is 3.67. The highest BCUT2D eigenvalue weighted by Gasteiger charge is 2.13. The number of ether oxygens (including phenoxy) is 1. The Labute approximate surface area is 96.7 Å². The van der Waals surface area contributed by atoms with Gasteiger partial charge in [0, 0.05) is 13.0 Å². The van der Waals surface area contributed by atoms with Crippen LogP contribution >= 0.6 is 0 Å². The van der Waals surface area contributed by atoms with Gasteiger partial charge in [0.1, 0.15) is 0 Å². The van der Waals surface area contributed by atoms with Gasteiger partial charge in [0.05, 0.1) is 6.61 Å². The topological polar surface area (TPSA) is 9.23 Å². The van der Waals surface area contributed by atoms with E-state index in [1.807, 2.05) is 18.7 Å². The molecule has 0 aliphatic carbocycles. The predicted octanol–water partition coefficient (Wildman–Crippen LogP) is 3.63. The molecule has 0 atom stereocenters. The molecule has 0 bridgehead atoms. The van der Waals surface area contributed by atoms with Gasteiger partial charge in [-0.25, -0.2) is 0 Å². The Morgan fingerprint density at radius 2 is 1.25 bits per heavy atom. The average Bonchev–Trinajstić information content (AvgIpc) is 2.38. The highest BCUT2D eigenvalue weighted by atomic mass is 16.5. The van der Waals surface area contributed by atoms with E-state index < -0.39 is 0 Å². The van der Waals surface area contributed by atoms with Gasteiger partial charge in [-0.05, 0) is 11.1 Å². The standard InChI is InChI=1S/C15H15O/c1-16-12-15(13-8-4-2-5-9-13)14-10-6-3-7-11-14/h2-12,15H,1H3. The van der Waals surface area contributed by atoms with E-state index in [1.54, 1.807) is 7.11 Å². The van der Waals surface area contributed by atoms with Crippen molar-refractivity contribution < 1.29 is 4.74 Å². The van der Waals surface area contributed by atoms with Gasteiger partial charge in [-0.1, -0.05) is 60.7 Å². The minimum Gasteiger partial charge on any atom is -0.378 e. The van der Waals surface area contributed by atoms with E-state index in [4.69, 9.17) is 4.74 Å². The Balaban J connectivity index is 2.31. The lowest BCUT2D eigenvalue weighted by molar-refractivity contribution is 0.260. The molecule has 16 heavy (non-hydrogen) atoms. The van der Waals surface area contributed by atoms with E-state index in [1.165, 1.54) is 11.1 Å². The third kappa shape index (κ3) is 2.50. The smallest absolute Gasteiger partial charge is 0.0950 e. The fourth-order valence-corrected chi connectivity index (χ4v) is 1.81. The summed E-state index contributed by atoms with van der Waals surface area (Å²) in [6.07, 6.45) is 0. The van der Waals surface area contributed by atoms with Gasteiger partial charge in [0.2, 0.25) is 0 Å². The largest absolute Gasteiger partial charge is 0.378 e. The Hall–Kier alpha value is -1.60. The van der Waals surface area contributed by atoms with Crippen LogP contribution < -0.4 is 0 Å². The van der Waals surface area contributed by atoms with Crippen molar-refractivity contribution in [1.29, 1.82) is 0 Å². The molecule has 0 spiro atoms. The molecule has 0 unspecified atom stereocenters. The minimum absolute atomic E-state index is 0.201. The van der Waals surface area contributed by atoms with Crippen LogP contribution in [0.5, 0.6) is 0 Å². The Morgan fingerprint density at radius 1 is 0.812 bits per heavy atom. The summed E-state index contributed by atoms with van der Waals surface area (Å²) in [6.45, 7) is 1.87. The molecule has 0 fully saturated rings. The zero-order valence-electron chi connectivity index (χ0n) is 9.34. The molecular weight excluding hydrogens is 196 g/mol. The molecule has 0 saturated carbocycles. The lowest BCUT2D eigenvalue weighted by Gasteiger charge is -2.16. The van der Waals surface area contributed by atoms with Crippen LogP contribution in [0.2, 0.25) is 0 Å². The van der Waals surface area contributed by atoms with Crippen molar-refractivity contribution in [3.63, 3.8) is 0 Å². The van der Waals surface area contributed by atoms with Gasteiger partial charge in [0.25, 0.3) is 0 Å². The van der Waals surface area contributed by atoms with E-state index in [2.05, 4.69) is 48.5 Å². The van der Waals surface area contributed by atoms with Gasteiger partial charge in [-0.15, -0.1) is 0 Å². The molecule has 1 radical (unpaired) electrons. The van der Waals surface area contributed by atoms with Crippen LogP contribution in [0, 0.1) is 6.61 Å². The molecule has 0 aliphatic heterocycles. The third-order valence-electron chi connectivity index (χ3n) is 2.59. The zero-order valence-corrected chi connectivity index (χ0v) is 9.34. The molecule has 1 nitrogen and oxygen atoms in total. The first kappa shape index (κ1) is 10.9. The number of hydrogen-bond acceptors (Lipinski definition) is 1. The predicted molar refractivity (Wildman–Crippen MR) is 66.0 cm³/mol. The van der Waals surface area contributed by atoms with Crippen LogP contribution in [0.25, 0.3) is 0 Å². The van der Waals surface area contributed by atoms with Crippen molar-refractivity contribution in [2.45, 2.75) is 5.92 Å². The van der Waals surface area contributed by atoms with Crippen molar-refractivity contribution in [2.24, 2.45) is 0 Å². The van der Waals surface area contributed by atoms with Crippen molar-refractivity contribution >= 4 is 0 Å². The van der Waals surface area contributed by atoms with Crippen LogP contribution in [-0.4, -0.2) is 7.11 Å². The summed E-state index contributed by atoms with van der Waals surface area (Å²) in [4.78, 5) is 0. The van der Waals surface area contributed by atoms with E-state index in [0.29, 0.717) is 0 Å². The molecule has 0 aliphatic rings. The number of benzene rings is 2. The van der Waals surface area contributed by atoms with E-state index in [9.17, 15) is 0 Å². The summed E-state index contributed by atoms with van der Waals surface area (Å²) in [5, 5.41) is 0. The van der Waals surface area contributed by atoms with Crippen LogP contribution in [0.3, 0.4) is 0 Å². The van der Waals surface area contributed by atoms with Crippen LogP contribution in [0.1, 0.15) is 17.0 Å². The Bertz CT molecular complexity index is 368. The maximum Gasteiger partial charge on any atom is 0.0950 e. The molecule has 2 aromatic rings. The third-order valence-corrected chi connectivity index (χ3v) is 2.59. The van der Waals surface area contributed by atoms with Crippen molar-refractivity contribution in [1.82, 2.24) is 0 Å². The first-order valence-electron chi connectivity index (χ1n) is 5.38. The SMILES string of the molecule is CO[CH]C(c1ccccc1)c1ccccc1. The molecule has 1 heteroatoms. The number of hydrogen-bond donors (Lipinski definition) is 0. The molecule has 0 heterocycles. The molecular formula is C15H15O. The molecule has 0 amide bonds. The normalized spacial score (nSPS) is 10.6. The van der Waals surface area contributed by atoms with Crippen molar-refractivity contribution in [2.75, 3.05) is 7.11 Å². The van der Waals surface area contributed by atoms with E-state index >= 15 is 0 Å². The van der Waals surface area contributed by atoms with Gasteiger partial charge >= 0.3 is 0 Å². The number of rotatable bonds is 4. The summed E-state index contributed by atoms with van der Waals surface area (Å²) < 4.78 is 5.19. The molecule has 0 aromatic heterocycles. The van der Waals surface area contributed by atoms with Crippen LogP contribution in [0.4, 0.5) is 0 Å². The molecule has 0 saturated heterocycles. The first-order chi connectivity index (χ1) is 7.92. The lowest BCUT2D eigenvalue weighted by atomic mass is 9.92. The quantitative estimate of drug-likeness (QED) is 0.750. The maximum atomic E-state index is 5.19. The zero-order chi connectivity index (χ0) is 11.2. The summed E-state index contributed by atoms with van der Waals surface area (Å²) in [5.74, 6) is 0.201. The fraction of sp³-hybridized carbons (Fsp3) is 0.133. The van der Waals surface area contributed by atoms with Crippen molar-refractivity contribution in [3.05, 3.63) is 78.4 Å². The summed E-state index contributed by atoms with van der Waals surface area (Å²) in [7, 11) is 1.69. The second-order valence-corrected chi connectivity index (χ2v) is 3.67. The molecule has 0 N–H and O–H groups in total. The van der Waals surface area contributed by atoms with Gasteiger partial charge in [-0.3, -0.25) is 0 Å². The molecule has 2 rings (SSSR count). The maximum absolute atomic E-state index is 5.19. The van der Waals surface area contributed by atoms with E-state index in [-0.39, 0.29) is 5.92 Å². The number of methoxy groups -OCH3 is 1. The highest BCUT2D eigenvalue weighted by Crippen LogP contribution is 2.26. The molecule has 2 aromatic carbocycles. The van der Waals surface area contributed by atoms with Crippen LogP contribution in [-0.2, 0) is 4.74 Å². The van der Waals surface area contributed by atoms with Gasteiger partial charge < -0.3 is 4.74 Å². The van der Waals surface area contributed by atoms with E-state index in [0.717, 1.165) is 0 Å². The minimum atomic E-state index is 0.201. The summed E-state index contributed by atoms with van der Waals surface area (Å²) in [5.41, 5.74) is 2.49. The monoisotopic (exact) mass is 211 g/mol. The van der Waals surface area contributed by atoms with Gasteiger partial charge in [0.15, 0.2) is 0 Å². The lowest BCUT2D eigenvalue weighted by Crippen LogP contribution is -2.02. The van der Waals surface area contributed by atoms with Crippen LogP contribution in [0.15, 0.2) is 60.7 Å². The van der Waals surface area contributed by atoms with Crippen molar-refractivity contribution in [3.8, 4) is 0 Å². The first-order valence-corrected chi connectivity index (χ1v) is 5.38. The summed E-state index contributed by atoms with van der Waals surface area (Å²) >= 11 is 0. The fourth-order valence-electron chi connectivity index (χ4n) is 1.81. The molecule has 81 valence electrons. The highest BCUT2D eigenvalue weighted by molar-refractivity contribution is 5.34. The Morgan fingerprint density at radius 3 is 1.62 bits per heavy atom. The average molecular weight is 211 g/mol. The second kappa shape index (κ2) is 5.47. The summed E-state index contributed by atoms with van der Waals surface area (Å²) in [6, 6.07) is 20.7.